The number of benzene rings is 1. The molecule has 1 aliphatic carbocycles. The number of nitrogens with zero attached hydrogens (tertiary/aromatic N) is 2. The molecule has 1 atom stereocenters. The van der Waals surface area contributed by atoms with Crippen LogP contribution in [0.1, 0.15) is 49.4 Å². The molecule has 1 aliphatic rings. The van der Waals surface area contributed by atoms with Gasteiger partial charge < -0.3 is 25.9 Å². The van der Waals surface area contributed by atoms with E-state index in [0.717, 1.165) is 25.7 Å². The van der Waals surface area contributed by atoms with Crippen LogP contribution in [0.15, 0.2) is 36.0 Å². The smallest absolute Gasteiger partial charge is 0.265 e. The molecule has 0 aliphatic heterocycles. The highest BCUT2D eigenvalue weighted by molar-refractivity contribution is 6.31. The first-order valence-electron chi connectivity index (χ1n) is 9.08. The van der Waals surface area contributed by atoms with Crippen molar-refractivity contribution in [3.8, 4) is 5.75 Å². The lowest BCUT2D eigenvalue weighted by atomic mass is 10.1. The maximum atomic E-state index is 13.1. The van der Waals surface area contributed by atoms with Gasteiger partial charge >= 0.3 is 0 Å². The predicted octanol–water partition coefficient (Wildman–Crippen LogP) is 3.23. The lowest BCUT2D eigenvalue weighted by Crippen LogP contribution is -2.39. The van der Waals surface area contributed by atoms with Crippen molar-refractivity contribution in [1.29, 1.82) is 0 Å². The Balaban J connectivity index is 2.20. The third-order valence-electron chi connectivity index (χ3n) is 4.35. The zero-order chi connectivity index (χ0) is 19.8. The Bertz CT molecular complexity index is 686. The van der Waals surface area contributed by atoms with Gasteiger partial charge in [-0.1, -0.05) is 37.4 Å². The Morgan fingerprint density at radius 2 is 2.11 bits per heavy atom. The molecule has 1 aromatic rings. The number of nitrogens with two attached hydrogens (primary N) is 2. The van der Waals surface area contributed by atoms with Gasteiger partial charge in [-0.2, -0.15) is 0 Å². The van der Waals surface area contributed by atoms with Gasteiger partial charge in [0.05, 0.1) is 0 Å². The molecule has 0 heterocycles. The monoisotopic (exact) mass is 394 g/mol. The molecule has 1 aromatic carbocycles. The van der Waals surface area contributed by atoms with Crippen LogP contribution in [0.3, 0.4) is 0 Å². The summed E-state index contributed by atoms with van der Waals surface area (Å²) in [5.41, 5.74) is 11.0. The highest BCUT2D eigenvalue weighted by Crippen LogP contribution is 2.28. The van der Waals surface area contributed by atoms with Gasteiger partial charge in [-0.15, -0.1) is 6.58 Å². The van der Waals surface area contributed by atoms with Crippen molar-refractivity contribution in [2.24, 2.45) is 16.6 Å². The highest BCUT2D eigenvalue weighted by atomic mass is 35.5. The van der Waals surface area contributed by atoms with E-state index in [0.29, 0.717) is 29.3 Å². The van der Waals surface area contributed by atoms with Crippen LogP contribution in [0.25, 0.3) is 0 Å². The summed E-state index contributed by atoms with van der Waals surface area (Å²) >= 11 is 6.21. The summed E-state index contributed by atoms with van der Waals surface area (Å²) in [5.74, 6) is 0.122. The molecule has 0 aromatic heterocycles. The minimum atomic E-state index is -0.701. The summed E-state index contributed by atoms with van der Waals surface area (Å²) in [6, 6.07) is 5.14. The van der Waals surface area contributed by atoms with Crippen LogP contribution >= 0.6 is 11.6 Å². The van der Waals surface area contributed by atoms with Crippen molar-refractivity contribution in [3.63, 3.8) is 0 Å². The van der Waals surface area contributed by atoms with Crippen LogP contribution in [0.2, 0.25) is 5.02 Å². The summed E-state index contributed by atoms with van der Waals surface area (Å²) in [4.78, 5) is 20.1. The third kappa shape index (κ3) is 6.06. The number of oxime groups is 1. The topological polar surface area (TPSA) is 103 Å². The minimum Gasteiger partial charge on any atom is -0.453 e. The van der Waals surface area contributed by atoms with Crippen LogP contribution in [-0.2, 0) is 4.84 Å². The van der Waals surface area contributed by atoms with E-state index in [4.69, 9.17) is 32.6 Å². The second kappa shape index (κ2) is 10.1. The summed E-state index contributed by atoms with van der Waals surface area (Å²) < 4.78 is 5.74. The number of rotatable bonds is 9. The van der Waals surface area contributed by atoms with Gasteiger partial charge in [0.1, 0.15) is 5.75 Å². The molecule has 27 heavy (non-hydrogen) atoms. The van der Waals surface area contributed by atoms with E-state index in [-0.39, 0.29) is 17.9 Å². The molecule has 0 bridgehead atoms. The van der Waals surface area contributed by atoms with Crippen LogP contribution in [0.4, 0.5) is 0 Å². The fourth-order valence-corrected chi connectivity index (χ4v) is 3.35. The van der Waals surface area contributed by atoms with Gasteiger partial charge in [0.15, 0.2) is 0 Å². The van der Waals surface area contributed by atoms with Crippen LogP contribution in [0, 0.1) is 0 Å². The standard InChI is InChI=1S/C19H27ClN4O3/c1-3-9-24(15-7-5-6-8-15)18(25)13-10-14(20)12-16(11-13)26-17(4-2)27-23-19(21)22/h3,10-12,15,17H,1,4-9H2,2H3,(H4,21,22,23). The van der Waals surface area contributed by atoms with Crippen LogP contribution in [0.5, 0.6) is 5.75 Å². The van der Waals surface area contributed by atoms with Gasteiger partial charge in [0, 0.05) is 29.6 Å². The number of hydrogen-bond acceptors (Lipinski definition) is 4. The number of guanidine groups is 1. The van der Waals surface area contributed by atoms with E-state index >= 15 is 0 Å². The molecule has 7 nitrogen and oxygen atoms in total. The molecule has 2 rings (SSSR count). The Morgan fingerprint density at radius 1 is 1.41 bits per heavy atom. The van der Waals surface area contributed by atoms with Gasteiger partial charge in [-0.25, -0.2) is 0 Å². The maximum absolute atomic E-state index is 13.1. The lowest BCUT2D eigenvalue weighted by Gasteiger charge is -2.28. The fourth-order valence-electron chi connectivity index (χ4n) is 3.12. The lowest BCUT2D eigenvalue weighted by molar-refractivity contribution is -0.0805. The van der Waals surface area contributed by atoms with Gasteiger partial charge in [0.2, 0.25) is 5.96 Å². The predicted molar refractivity (Wildman–Crippen MR) is 107 cm³/mol. The van der Waals surface area contributed by atoms with Crippen molar-refractivity contribution >= 4 is 23.5 Å². The quantitative estimate of drug-likeness (QED) is 0.220. The Kier molecular flexibility index (Phi) is 7.79. The van der Waals surface area contributed by atoms with Gasteiger partial charge in [0.25, 0.3) is 12.2 Å². The number of ether oxygens (including phenoxy) is 1. The maximum Gasteiger partial charge on any atom is 0.265 e. The Labute approximate surface area is 164 Å². The zero-order valence-corrected chi connectivity index (χ0v) is 16.3. The first kappa shape index (κ1) is 20.9. The minimum absolute atomic E-state index is 0.0904. The van der Waals surface area contributed by atoms with Crippen molar-refractivity contribution in [2.45, 2.75) is 51.4 Å². The number of amides is 1. The molecule has 0 saturated heterocycles. The number of halogens is 1. The first-order valence-corrected chi connectivity index (χ1v) is 9.46. The average Bonchev–Trinajstić information content (AvgIpc) is 3.16. The number of hydrogen-bond donors (Lipinski definition) is 2. The van der Waals surface area contributed by atoms with Crippen molar-refractivity contribution < 1.29 is 14.4 Å². The summed E-state index contributed by atoms with van der Waals surface area (Å²) in [5, 5.41) is 3.91. The van der Waals surface area contributed by atoms with E-state index in [9.17, 15) is 4.79 Å². The fraction of sp³-hybridized carbons (Fsp3) is 0.474. The van der Waals surface area contributed by atoms with E-state index in [1.807, 2.05) is 11.8 Å². The van der Waals surface area contributed by atoms with Crippen LogP contribution < -0.4 is 16.2 Å². The van der Waals surface area contributed by atoms with E-state index in [2.05, 4.69) is 11.7 Å². The molecule has 0 spiro atoms. The molecule has 148 valence electrons. The van der Waals surface area contributed by atoms with Gasteiger partial charge in [-0.3, -0.25) is 4.79 Å². The SMILES string of the molecule is C=CCN(C(=O)c1cc(Cl)cc(OC(CC)ON=C(N)N)c1)C1CCCC1. The second-order valence-electron chi connectivity index (χ2n) is 6.44. The second-order valence-corrected chi connectivity index (χ2v) is 6.87. The largest absolute Gasteiger partial charge is 0.453 e. The normalized spacial score (nSPS) is 15.0. The summed E-state index contributed by atoms with van der Waals surface area (Å²) in [7, 11) is 0. The van der Waals surface area contributed by atoms with Crippen LogP contribution in [-0.4, -0.2) is 35.6 Å². The number of carbonyl (C=O) groups excluding carboxylic acids is 1. The number of carbonyl (C=O) groups is 1. The van der Waals surface area contributed by atoms with Crippen molar-refractivity contribution in [2.75, 3.05) is 6.54 Å². The van der Waals surface area contributed by atoms with E-state index in [1.165, 1.54) is 0 Å². The average molecular weight is 395 g/mol. The van der Waals surface area contributed by atoms with Gasteiger partial charge in [-0.05, 0) is 36.2 Å². The van der Waals surface area contributed by atoms with E-state index < -0.39 is 6.29 Å². The first-order chi connectivity index (χ1) is 12.9. The zero-order valence-electron chi connectivity index (χ0n) is 15.6. The molecular weight excluding hydrogens is 368 g/mol. The Morgan fingerprint density at radius 3 is 2.70 bits per heavy atom. The highest BCUT2D eigenvalue weighted by Gasteiger charge is 2.27. The molecule has 1 saturated carbocycles. The third-order valence-corrected chi connectivity index (χ3v) is 4.57. The molecule has 0 radical (unpaired) electrons. The van der Waals surface area contributed by atoms with Crippen molar-refractivity contribution in [1.82, 2.24) is 4.90 Å². The van der Waals surface area contributed by atoms with E-state index in [1.54, 1.807) is 24.3 Å². The molecular formula is C19H27ClN4O3. The Hall–Kier alpha value is -2.41. The summed E-state index contributed by atoms with van der Waals surface area (Å²) in [6.45, 7) is 6.13. The molecule has 4 N–H and O–H groups in total. The summed E-state index contributed by atoms with van der Waals surface area (Å²) in [6.07, 6.45) is 5.83. The molecule has 1 unspecified atom stereocenters. The molecule has 8 heteroatoms. The van der Waals surface area contributed by atoms with Crippen molar-refractivity contribution in [3.05, 3.63) is 41.4 Å². The molecule has 1 amide bonds. The molecule has 1 fully saturated rings.